The average Bonchev–Trinajstić information content (AvgIpc) is 3.24. The van der Waals surface area contributed by atoms with Crippen LogP contribution in [0, 0.1) is 13.8 Å². The van der Waals surface area contributed by atoms with Gasteiger partial charge >= 0.3 is 0 Å². The van der Waals surface area contributed by atoms with Crippen molar-refractivity contribution in [3.63, 3.8) is 0 Å². The predicted octanol–water partition coefficient (Wildman–Crippen LogP) is 0.741. The van der Waals surface area contributed by atoms with E-state index in [4.69, 9.17) is 4.52 Å². The fourth-order valence-corrected chi connectivity index (χ4v) is 3.49. The summed E-state index contributed by atoms with van der Waals surface area (Å²) >= 11 is 0. The molecular weight excluding hydrogens is 370 g/mol. The van der Waals surface area contributed by atoms with Crippen LogP contribution in [0.3, 0.4) is 0 Å². The molecule has 0 atom stereocenters. The summed E-state index contributed by atoms with van der Waals surface area (Å²) in [5, 5.41) is 15.5. The fraction of sp³-hybridized carbons (Fsp3) is 0.375. The van der Waals surface area contributed by atoms with Crippen molar-refractivity contribution in [2.75, 3.05) is 25.0 Å². The Morgan fingerprint density at radius 3 is 2.63 bits per heavy atom. The second kappa shape index (κ2) is 7.84. The summed E-state index contributed by atoms with van der Waals surface area (Å²) in [7, 11) is -1.77. The van der Waals surface area contributed by atoms with Gasteiger partial charge in [0.2, 0.25) is 16.0 Å². The van der Waals surface area contributed by atoms with Crippen LogP contribution in [0.4, 0.5) is 5.95 Å². The largest absolute Gasteiger partial charge is 0.361 e. The molecular formula is C16H21N7O3S. The Bertz CT molecular complexity index is 995. The smallest absolute Gasteiger partial charge is 0.245 e. The molecule has 11 heteroatoms. The second-order valence-electron chi connectivity index (χ2n) is 6.20. The van der Waals surface area contributed by atoms with Gasteiger partial charge in [-0.1, -0.05) is 28.0 Å². The van der Waals surface area contributed by atoms with Gasteiger partial charge in [0.1, 0.15) is 11.5 Å². The van der Waals surface area contributed by atoms with Crippen LogP contribution < -0.4 is 9.62 Å². The van der Waals surface area contributed by atoms with Crippen LogP contribution in [0.15, 0.2) is 39.8 Å². The first-order chi connectivity index (χ1) is 12.8. The standard InChI is InChI=1S/C16H21N7O3S/c1-12-4-6-15(7-5-12)27(24,25)17-8-9-22(3)16-18-20-21-23(16)11-14-10-13(2)26-19-14/h4-7,10,17H,8-9,11H2,1-3H3. The number of aryl methyl sites for hydroxylation is 2. The van der Waals surface area contributed by atoms with E-state index in [9.17, 15) is 8.42 Å². The molecule has 0 aliphatic heterocycles. The molecule has 0 amide bonds. The highest BCUT2D eigenvalue weighted by Crippen LogP contribution is 2.11. The number of nitrogens with zero attached hydrogens (tertiary/aromatic N) is 6. The first-order valence-corrected chi connectivity index (χ1v) is 9.79. The highest BCUT2D eigenvalue weighted by Gasteiger charge is 2.16. The van der Waals surface area contributed by atoms with E-state index >= 15 is 0 Å². The molecule has 0 saturated heterocycles. The molecule has 0 fully saturated rings. The van der Waals surface area contributed by atoms with Crippen LogP contribution in [0.1, 0.15) is 17.0 Å². The van der Waals surface area contributed by atoms with Crippen molar-refractivity contribution in [2.45, 2.75) is 25.3 Å². The lowest BCUT2D eigenvalue weighted by atomic mass is 10.2. The number of rotatable bonds is 8. The molecule has 2 heterocycles. The van der Waals surface area contributed by atoms with Gasteiger partial charge in [0.25, 0.3) is 0 Å². The number of hydrogen-bond acceptors (Lipinski definition) is 8. The lowest BCUT2D eigenvalue weighted by Gasteiger charge is -2.17. The summed E-state index contributed by atoms with van der Waals surface area (Å²) in [6.07, 6.45) is 0. The summed E-state index contributed by atoms with van der Waals surface area (Å²) in [5.74, 6) is 1.21. The number of aromatic nitrogens is 5. The summed E-state index contributed by atoms with van der Waals surface area (Å²) in [6, 6.07) is 8.51. The van der Waals surface area contributed by atoms with E-state index in [-0.39, 0.29) is 11.4 Å². The zero-order valence-electron chi connectivity index (χ0n) is 15.3. The minimum absolute atomic E-state index is 0.211. The quantitative estimate of drug-likeness (QED) is 0.597. The molecule has 0 spiro atoms. The lowest BCUT2D eigenvalue weighted by Crippen LogP contribution is -2.34. The summed E-state index contributed by atoms with van der Waals surface area (Å²) in [4.78, 5) is 2.01. The van der Waals surface area contributed by atoms with Gasteiger partial charge in [-0.2, -0.15) is 0 Å². The van der Waals surface area contributed by atoms with Crippen LogP contribution in [-0.2, 0) is 16.6 Å². The van der Waals surface area contributed by atoms with Crippen LogP contribution >= 0.6 is 0 Å². The minimum atomic E-state index is -3.55. The van der Waals surface area contributed by atoms with Crippen molar-refractivity contribution in [1.82, 2.24) is 30.1 Å². The van der Waals surface area contributed by atoms with E-state index < -0.39 is 10.0 Å². The Morgan fingerprint density at radius 1 is 1.22 bits per heavy atom. The molecule has 0 bridgehead atoms. The van der Waals surface area contributed by atoms with Crippen LogP contribution in [0.2, 0.25) is 0 Å². The molecule has 0 saturated carbocycles. The van der Waals surface area contributed by atoms with E-state index in [1.54, 1.807) is 47.0 Å². The van der Waals surface area contributed by atoms with E-state index in [2.05, 4.69) is 25.4 Å². The topological polar surface area (TPSA) is 119 Å². The lowest BCUT2D eigenvalue weighted by molar-refractivity contribution is 0.387. The maximum atomic E-state index is 12.3. The van der Waals surface area contributed by atoms with Gasteiger partial charge in [-0.05, 0) is 36.4 Å². The van der Waals surface area contributed by atoms with Crippen LogP contribution in [0.25, 0.3) is 0 Å². The molecule has 3 rings (SSSR count). The summed E-state index contributed by atoms with van der Waals surface area (Å²) in [5.41, 5.74) is 1.71. The van der Waals surface area contributed by atoms with Crippen molar-refractivity contribution in [1.29, 1.82) is 0 Å². The molecule has 0 aliphatic carbocycles. The zero-order valence-corrected chi connectivity index (χ0v) is 16.1. The number of nitrogens with one attached hydrogen (secondary N) is 1. The Hall–Kier alpha value is -2.79. The number of tetrazole rings is 1. The number of benzene rings is 1. The van der Waals surface area contributed by atoms with E-state index in [1.807, 2.05) is 13.8 Å². The van der Waals surface area contributed by atoms with Crippen LogP contribution in [-0.4, -0.2) is 53.9 Å². The molecule has 144 valence electrons. The Morgan fingerprint density at radius 2 is 1.96 bits per heavy atom. The number of sulfonamides is 1. The molecule has 27 heavy (non-hydrogen) atoms. The molecule has 3 aromatic rings. The zero-order chi connectivity index (χ0) is 19.4. The normalized spacial score (nSPS) is 11.7. The molecule has 10 nitrogen and oxygen atoms in total. The first kappa shape index (κ1) is 19.0. The maximum Gasteiger partial charge on any atom is 0.245 e. The van der Waals surface area contributed by atoms with Crippen molar-refractivity contribution in [3.8, 4) is 0 Å². The average molecular weight is 391 g/mol. The van der Waals surface area contributed by atoms with Gasteiger partial charge in [-0.3, -0.25) is 0 Å². The van der Waals surface area contributed by atoms with Crippen molar-refractivity contribution in [3.05, 3.63) is 47.3 Å². The molecule has 0 unspecified atom stereocenters. The Labute approximate surface area is 157 Å². The van der Waals surface area contributed by atoms with Crippen molar-refractivity contribution < 1.29 is 12.9 Å². The third kappa shape index (κ3) is 4.68. The van der Waals surface area contributed by atoms with Gasteiger partial charge in [0, 0.05) is 26.2 Å². The molecule has 0 aliphatic rings. The van der Waals surface area contributed by atoms with Gasteiger partial charge in [0.05, 0.1) is 11.4 Å². The number of hydrogen-bond donors (Lipinski definition) is 1. The summed E-state index contributed by atoms with van der Waals surface area (Å²) < 4.78 is 33.9. The van der Waals surface area contributed by atoms with Gasteiger partial charge in [-0.15, -0.1) is 0 Å². The summed E-state index contributed by atoms with van der Waals surface area (Å²) in [6.45, 7) is 4.68. The van der Waals surface area contributed by atoms with E-state index in [1.165, 1.54) is 0 Å². The van der Waals surface area contributed by atoms with Crippen LogP contribution in [0.5, 0.6) is 0 Å². The SMILES string of the molecule is Cc1ccc(S(=O)(=O)NCCN(C)c2nnnn2Cc2cc(C)on2)cc1. The third-order valence-corrected chi connectivity index (χ3v) is 5.39. The highest BCUT2D eigenvalue weighted by molar-refractivity contribution is 7.89. The fourth-order valence-electron chi connectivity index (χ4n) is 2.47. The van der Waals surface area contributed by atoms with Crippen molar-refractivity contribution in [2.24, 2.45) is 0 Å². The molecule has 2 aromatic heterocycles. The molecule has 0 radical (unpaired) electrons. The molecule has 1 N–H and O–H groups in total. The third-order valence-electron chi connectivity index (χ3n) is 3.91. The van der Waals surface area contributed by atoms with Gasteiger partial charge < -0.3 is 9.42 Å². The second-order valence-corrected chi connectivity index (χ2v) is 7.96. The Kier molecular flexibility index (Phi) is 5.51. The first-order valence-electron chi connectivity index (χ1n) is 8.31. The van der Waals surface area contributed by atoms with Crippen molar-refractivity contribution >= 4 is 16.0 Å². The minimum Gasteiger partial charge on any atom is -0.361 e. The van der Waals surface area contributed by atoms with Gasteiger partial charge in [0.15, 0.2) is 0 Å². The van der Waals surface area contributed by atoms with E-state index in [0.717, 1.165) is 5.56 Å². The predicted molar refractivity (Wildman–Crippen MR) is 97.8 cm³/mol. The highest BCUT2D eigenvalue weighted by atomic mass is 32.2. The van der Waals surface area contributed by atoms with E-state index in [0.29, 0.717) is 30.5 Å². The number of anilines is 1. The molecule has 1 aromatic carbocycles. The van der Waals surface area contributed by atoms with Gasteiger partial charge in [-0.25, -0.2) is 17.8 Å². The maximum absolute atomic E-state index is 12.3. The monoisotopic (exact) mass is 391 g/mol. The Balaban J connectivity index is 1.59. The number of likely N-dealkylation sites (N-methyl/N-ethyl adjacent to an activating group) is 1.